The van der Waals surface area contributed by atoms with Gasteiger partial charge in [0.15, 0.2) is 0 Å². The Morgan fingerprint density at radius 2 is 1.94 bits per heavy atom. The molecule has 0 radical (unpaired) electrons. The molecule has 0 aromatic heterocycles. The number of aliphatic hydroxyl groups excluding tert-OH is 2. The topological polar surface area (TPSA) is 40.5 Å². The van der Waals surface area contributed by atoms with Gasteiger partial charge >= 0.3 is 0 Å². The zero-order chi connectivity index (χ0) is 13.0. The van der Waals surface area contributed by atoms with Crippen LogP contribution in [0.4, 0.5) is 0 Å². The Hall–Kier alpha value is -0.860. The van der Waals surface area contributed by atoms with E-state index in [1.807, 2.05) is 6.07 Å². The molecule has 1 aliphatic carbocycles. The predicted octanol–water partition coefficient (Wildman–Crippen LogP) is 2.95. The lowest BCUT2D eigenvalue weighted by Crippen LogP contribution is -2.30. The molecule has 18 heavy (non-hydrogen) atoms. The summed E-state index contributed by atoms with van der Waals surface area (Å²) in [4.78, 5) is 0. The molecule has 0 aliphatic heterocycles. The fraction of sp³-hybridized carbons (Fsp3) is 0.625. The average molecular weight is 248 g/mol. The molecule has 1 aliphatic rings. The molecular formula is C16H24O2. The second-order valence-corrected chi connectivity index (χ2v) is 5.77. The molecule has 2 N–H and O–H groups in total. The maximum atomic E-state index is 10.1. The van der Waals surface area contributed by atoms with E-state index < -0.39 is 0 Å². The van der Waals surface area contributed by atoms with Crippen molar-refractivity contribution in [2.75, 3.05) is 6.61 Å². The fourth-order valence-electron chi connectivity index (χ4n) is 3.12. The van der Waals surface area contributed by atoms with Gasteiger partial charge in [0.1, 0.15) is 0 Å². The summed E-state index contributed by atoms with van der Waals surface area (Å²) in [6.45, 7) is 2.28. The average Bonchev–Trinajstić information content (AvgIpc) is 2.42. The Balaban J connectivity index is 2.00. The van der Waals surface area contributed by atoms with Crippen molar-refractivity contribution in [3.63, 3.8) is 0 Å². The van der Waals surface area contributed by atoms with Gasteiger partial charge in [0.05, 0.1) is 6.10 Å². The van der Waals surface area contributed by atoms with E-state index in [4.69, 9.17) is 5.11 Å². The fourth-order valence-corrected chi connectivity index (χ4v) is 3.12. The molecule has 0 saturated heterocycles. The molecule has 2 nitrogen and oxygen atoms in total. The first-order valence-corrected chi connectivity index (χ1v) is 7.04. The number of benzene rings is 1. The Kier molecular flexibility index (Phi) is 4.79. The number of hydrogen-bond donors (Lipinski definition) is 2. The normalized spacial score (nSPS) is 30.1. The lowest BCUT2D eigenvalue weighted by molar-refractivity contribution is 0.0439. The van der Waals surface area contributed by atoms with Gasteiger partial charge in [-0.05, 0) is 49.0 Å². The maximum Gasteiger partial charge on any atom is 0.0568 e. The van der Waals surface area contributed by atoms with Crippen LogP contribution in [-0.2, 0) is 0 Å². The Bertz CT molecular complexity index is 349. The van der Waals surface area contributed by atoms with Crippen LogP contribution in [0.15, 0.2) is 30.3 Å². The van der Waals surface area contributed by atoms with E-state index in [-0.39, 0.29) is 12.7 Å². The predicted molar refractivity (Wildman–Crippen MR) is 73.4 cm³/mol. The van der Waals surface area contributed by atoms with Crippen molar-refractivity contribution in [3.8, 4) is 0 Å². The van der Waals surface area contributed by atoms with E-state index in [0.717, 1.165) is 25.7 Å². The first kappa shape index (κ1) is 13.6. The van der Waals surface area contributed by atoms with Crippen LogP contribution in [0, 0.1) is 11.8 Å². The molecule has 2 rings (SSSR count). The minimum absolute atomic E-state index is 0.182. The molecule has 0 heterocycles. The third-order valence-electron chi connectivity index (χ3n) is 4.23. The van der Waals surface area contributed by atoms with Crippen LogP contribution in [-0.4, -0.2) is 22.9 Å². The van der Waals surface area contributed by atoms with Crippen molar-refractivity contribution >= 4 is 0 Å². The molecule has 0 spiro atoms. The third-order valence-corrected chi connectivity index (χ3v) is 4.23. The smallest absolute Gasteiger partial charge is 0.0568 e. The summed E-state index contributed by atoms with van der Waals surface area (Å²) in [5.74, 6) is 1.20. The van der Waals surface area contributed by atoms with Crippen molar-refractivity contribution in [1.29, 1.82) is 0 Å². The molecule has 4 unspecified atom stereocenters. The van der Waals surface area contributed by atoms with E-state index in [1.165, 1.54) is 5.56 Å². The summed E-state index contributed by atoms with van der Waals surface area (Å²) in [6, 6.07) is 10.6. The zero-order valence-corrected chi connectivity index (χ0v) is 11.1. The van der Waals surface area contributed by atoms with Gasteiger partial charge in [-0.25, -0.2) is 0 Å². The number of hydrogen-bond acceptors (Lipinski definition) is 2. The molecule has 0 amide bonds. The van der Waals surface area contributed by atoms with Crippen LogP contribution in [0.5, 0.6) is 0 Å². The Morgan fingerprint density at radius 3 is 2.61 bits per heavy atom. The lowest BCUT2D eigenvalue weighted by Gasteiger charge is -2.34. The van der Waals surface area contributed by atoms with Gasteiger partial charge < -0.3 is 10.2 Å². The Morgan fingerprint density at radius 1 is 1.22 bits per heavy atom. The number of rotatable bonds is 4. The highest BCUT2D eigenvalue weighted by molar-refractivity contribution is 5.20. The van der Waals surface area contributed by atoms with Crippen molar-refractivity contribution in [1.82, 2.24) is 0 Å². The van der Waals surface area contributed by atoms with E-state index in [9.17, 15) is 5.11 Å². The monoisotopic (exact) mass is 248 g/mol. The molecule has 4 atom stereocenters. The van der Waals surface area contributed by atoms with Crippen LogP contribution in [0.3, 0.4) is 0 Å². The highest BCUT2D eigenvalue weighted by Crippen LogP contribution is 2.38. The summed E-state index contributed by atoms with van der Waals surface area (Å²) in [5.41, 5.74) is 1.39. The van der Waals surface area contributed by atoms with Gasteiger partial charge in [0.2, 0.25) is 0 Å². The van der Waals surface area contributed by atoms with Gasteiger partial charge in [-0.2, -0.15) is 0 Å². The third kappa shape index (κ3) is 3.33. The standard InChI is InChI=1S/C16H24O2/c1-12(11-17)9-15-10-14(7-8-16(15)18)13-5-3-2-4-6-13/h2-6,12,14-18H,7-11H2,1H3. The van der Waals surface area contributed by atoms with Crippen molar-refractivity contribution < 1.29 is 10.2 Å². The van der Waals surface area contributed by atoms with Crippen LogP contribution in [0.25, 0.3) is 0 Å². The minimum atomic E-state index is -0.182. The van der Waals surface area contributed by atoms with Gasteiger partial charge in [-0.15, -0.1) is 0 Å². The summed E-state index contributed by atoms with van der Waals surface area (Å²) in [7, 11) is 0. The quantitative estimate of drug-likeness (QED) is 0.860. The van der Waals surface area contributed by atoms with Crippen molar-refractivity contribution in [3.05, 3.63) is 35.9 Å². The lowest BCUT2D eigenvalue weighted by atomic mass is 9.73. The largest absolute Gasteiger partial charge is 0.396 e. The number of aliphatic hydroxyl groups is 2. The molecule has 1 fully saturated rings. The Labute approximate surface area is 110 Å². The van der Waals surface area contributed by atoms with E-state index >= 15 is 0 Å². The van der Waals surface area contributed by atoms with E-state index in [2.05, 4.69) is 31.2 Å². The minimum Gasteiger partial charge on any atom is -0.396 e. The molecule has 1 aromatic rings. The summed E-state index contributed by atoms with van der Waals surface area (Å²) in [5, 5.41) is 19.2. The summed E-state index contributed by atoms with van der Waals surface area (Å²) >= 11 is 0. The van der Waals surface area contributed by atoms with Gasteiger partial charge in [-0.1, -0.05) is 37.3 Å². The molecular weight excluding hydrogens is 224 g/mol. The highest BCUT2D eigenvalue weighted by atomic mass is 16.3. The van der Waals surface area contributed by atoms with Gasteiger partial charge in [0.25, 0.3) is 0 Å². The second-order valence-electron chi connectivity index (χ2n) is 5.77. The summed E-state index contributed by atoms with van der Waals surface area (Å²) in [6.07, 6.45) is 3.77. The van der Waals surface area contributed by atoms with Crippen LogP contribution >= 0.6 is 0 Å². The van der Waals surface area contributed by atoms with Gasteiger partial charge in [-0.3, -0.25) is 0 Å². The zero-order valence-electron chi connectivity index (χ0n) is 11.1. The van der Waals surface area contributed by atoms with Crippen LogP contribution in [0.2, 0.25) is 0 Å². The van der Waals surface area contributed by atoms with Crippen molar-refractivity contribution in [2.45, 2.75) is 44.6 Å². The molecule has 0 bridgehead atoms. The van der Waals surface area contributed by atoms with E-state index in [1.54, 1.807) is 0 Å². The molecule has 1 aromatic carbocycles. The van der Waals surface area contributed by atoms with Crippen LogP contribution < -0.4 is 0 Å². The summed E-state index contributed by atoms with van der Waals surface area (Å²) < 4.78 is 0. The van der Waals surface area contributed by atoms with Crippen LogP contribution in [0.1, 0.15) is 44.1 Å². The SMILES string of the molecule is CC(CO)CC1CC(c2ccccc2)CCC1O. The maximum absolute atomic E-state index is 10.1. The molecule has 1 saturated carbocycles. The van der Waals surface area contributed by atoms with Crippen molar-refractivity contribution in [2.24, 2.45) is 11.8 Å². The molecule has 2 heteroatoms. The van der Waals surface area contributed by atoms with Gasteiger partial charge in [0, 0.05) is 6.61 Å². The molecule has 100 valence electrons. The first-order chi connectivity index (χ1) is 8.70. The first-order valence-electron chi connectivity index (χ1n) is 7.04. The highest BCUT2D eigenvalue weighted by Gasteiger charge is 2.30. The van der Waals surface area contributed by atoms with E-state index in [0.29, 0.717) is 17.8 Å². The second kappa shape index (κ2) is 6.35.